The normalized spacial score (nSPS) is 15.1. The van der Waals surface area contributed by atoms with Crippen molar-refractivity contribution in [1.29, 1.82) is 0 Å². The molecule has 3 heteroatoms. The molecule has 0 heterocycles. The minimum atomic E-state index is -0.505. The highest BCUT2D eigenvalue weighted by atomic mass is 16.3. The van der Waals surface area contributed by atoms with E-state index >= 15 is 0 Å². The van der Waals surface area contributed by atoms with Crippen LogP contribution in [0.1, 0.15) is 18.6 Å². The molecule has 0 aromatic heterocycles. The van der Waals surface area contributed by atoms with Crippen LogP contribution in [0, 0.1) is 0 Å². The van der Waals surface area contributed by atoms with E-state index in [1.807, 2.05) is 30.3 Å². The van der Waals surface area contributed by atoms with E-state index in [-0.39, 0.29) is 6.10 Å². The number of aliphatic hydroxyl groups excluding tert-OH is 2. The molecule has 1 unspecified atom stereocenters. The Labute approximate surface area is 84.4 Å². The fraction of sp³-hybridized carbons (Fsp3) is 0.455. The van der Waals surface area contributed by atoms with E-state index in [1.165, 1.54) is 0 Å². The van der Waals surface area contributed by atoms with E-state index in [1.54, 1.807) is 6.92 Å². The molecule has 1 rings (SSSR count). The molecule has 0 radical (unpaired) electrons. The van der Waals surface area contributed by atoms with Gasteiger partial charge >= 0.3 is 0 Å². The molecule has 0 aliphatic rings. The van der Waals surface area contributed by atoms with Gasteiger partial charge in [-0.2, -0.15) is 0 Å². The van der Waals surface area contributed by atoms with Crippen molar-refractivity contribution in [2.45, 2.75) is 19.1 Å². The highest BCUT2D eigenvalue weighted by Gasteiger charge is 2.05. The maximum absolute atomic E-state index is 9.69. The Bertz CT molecular complexity index is 249. The van der Waals surface area contributed by atoms with Crippen LogP contribution in [0.3, 0.4) is 0 Å². The fourth-order valence-electron chi connectivity index (χ4n) is 1.22. The molecule has 0 saturated heterocycles. The van der Waals surface area contributed by atoms with Gasteiger partial charge in [-0.3, -0.25) is 0 Å². The van der Waals surface area contributed by atoms with Crippen molar-refractivity contribution in [2.24, 2.45) is 0 Å². The number of hydrogen-bond donors (Lipinski definition) is 3. The maximum Gasteiger partial charge on any atom is 0.0914 e. The maximum atomic E-state index is 9.69. The molecule has 0 spiro atoms. The number of hydrogen-bond acceptors (Lipinski definition) is 3. The van der Waals surface area contributed by atoms with Gasteiger partial charge in [0.25, 0.3) is 0 Å². The number of rotatable bonds is 5. The average Bonchev–Trinajstić information content (AvgIpc) is 2.18. The summed E-state index contributed by atoms with van der Waals surface area (Å²) in [5.74, 6) is 0. The molecule has 1 aromatic rings. The third-order valence-corrected chi connectivity index (χ3v) is 1.96. The fourth-order valence-corrected chi connectivity index (χ4v) is 1.22. The Morgan fingerprint density at radius 1 is 1.14 bits per heavy atom. The largest absolute Gasteiger partial charge is 0.392 e. The minimum Gasteiger partial charge on any atom is -0.392 e. The number of nitrogens with one attached hydrogen (secondary N) is 1. The van der Waals surface area contributed by atoms with Gasteiger partial charge in [-0.1, -0.05) is 30.3 Å². The van der Waals surface area contributed by atoms with E-state index in [2.05, 4.69) is 5.32 Å². The summed E-state index contributed by atoms with van der Waals surface area (Å²) in [6, 6.07) is 9.48. The molecule has 0 fully saturated rings. The molecule has 3 N–H and O–H groups in total. The van der Waals surface area contributed by atoms with Crippen LogP contribution in [0.5, 0.6) is 0 Å². The molecular weight excluding hydrogens is 178 g/mol. The summed E-state index contributed by atoms with van der Waals surface area (Å²) < 4.78 is 0. The quantitative estimate of drug-likeness (QED) is 0.648. The van der Waals surface area contributed by atoms with Gasteiger partial charge in [0.05, 0.1) is 12.2 Å². The van der Waals surface area contributed by atoms with E-state index in [9.17, 15) is 5.11 Å². The molecule has 1 aromatic carbocycles. The van der Waals surface area contributed by atoms with Gasteiger partial charge in [-0.25, -0.2) is 0 Å². The zero-order valence-corrected chi connectivity index (χ0v) is 8.35. The first kappa shape index (κ1) is 11.2. The minimum absolute atomic E-state index is 0.377. The predicted molar refractivity (Wildman–Crippen MR) is 56.0 cm³/mol. The third-order valence-electron chi connectivity index (χ3n) is 1.96. The summed E-state index contributed by atoms with van der Waals surface area (Å²) in [7, 11) is 0. The molecule has 0 saturated carbocycles. The number of aliphatic hydroxyl groups is 2. The van der Waals surface area contributed by atoms with Crippen LogP contribution in [0.4, 0.5) is 0 Å². The second-order valence-corrected chi connectivity index (χ2v) is 3.43. The second kappa shape index (κ2) is 5.75. The van der Waals surface area contributed by atoms with Crippen molar-refractivity contribution in [3.63, 3.8) is 0 Å². The lowest BCUT2D eigenvalue weighted by Gasteiger charge is -2.12. The monoisotopic (exact) mass is 195 g/mol. The highest BCUT2D eigenvalue weighted by Crippen LogP contribution is 2.10. The highest BCUT2D eigenvalue weighted by molar-refractivity contribution is 5.17. The van der Waals surface area contributed by atoms with Gasteiger partial charge in [0, 0.05) is 13.1 Å². The van der Waals surface area contributed by atoms with Gasteiger partial charge in [0.2, 0.25) is 0 Å². The average molecular weight is 195 g/mol. The Morgan fingerprint density at radius 2 is 1.79 bits per heavy atom. The number of benzene rings is 1. The van der Waals surface area contributed by atoms with E-state index in [0.717, 1.165) is 5.56 Å². The van der Waals surface area contributed by atoms with Crippen LogP contribution in [-0.4, -0.2) is 29.4 Å². The summed E-state index contributed by atoms with van der Waals surface area (Å²) >= 11 is 0. The van der Waals surface area contributed by atoms with E-state index < -0.39 is 6.10 Å². The Morgan fingerprint density at radius 3 is 2.36 bits per heavy atom. The molecule has 14 heavy (non-hydrogen) atoms. The first-order chi connectivity index (χ1) is 6.70. The summed E-state index contributed by atoms with van der Waals surface area (Å²) in [5.41, 5.74) is 0.894. The lowest BCUT2D eigenvalue weighted by Crippen LogP contribution is -2.28. The summed E-state index contributed by atoms with van der Waals surface area (Å²) in [6.45, 7) is 2.68. The van der Waals surface area contributed by atoms with Crippen LogP contribution < -0.4 is 5.32 Å². The first-order valence-corrected chi connectivity index (χ1v) is 4.82. The van der Waals surface area contributed by atoms with Crippen LogP contribution in [0.2, 0.25) is 0 Å². The Hall–Kier alpha value is -0.900. The van der Waals surface area contributed by atoms with Crippen molar-refractivity contribution in [2.75, 3.05) is 13.1 Å². The molecule has 78 valence electrons. The Balaban J connectivity index is 2.32. The smallest absolute Gasteiger partial charge is 0.0914 e. The van der Waals surface area contributed by atoms with Crippen LogP contribution >= 0.6 is 0 Å². The van der Waals surface area contributed by atoms with E-state index in [0.29, 0.717) is 13.1 Å². The molecule has 0 bridgehead atoms. The van der Waals surface area contributed by atoms with Gasteiger partial charge in [-0.15, -0.1) is 0 Å². The van der Waals surface area contributed by atoms with Crippen molar-refractivity contribution < 1.29 is 10.2 Å². The summed E-state index contributed by atoms with van der Waals surface area (Å²) in [4.78, 5) is 0. The summed E-state index contributed by atoms with van der Waals surface area (Å²) in [5, 5.41) is 21.7. The topological polar surface area (TPSA) is 52.5 Å². The lowest BCUT2D eigenvalue weighted by atomic mass is 10.1. The molecule has 0 aliphatic carbocycles. The van der Waals surface area contributed by atoms with Crippen molar-refractivity contribution in [1.82, 2.24) is 5.32 Å². The van der Waals surface area contributed by atoms with Crippen molar-refractivity contribution in [3.8, 4) is 0 Å². The van der Waals surface area contributed by atoms with Crippen LogP contribution in [0.25, 0.3) is 0 Å². The molecule has 3 nitrogen and oxygen atoms in total. The van der Waals surface area contributed by atoms with Gasteiger partial charge in [0.1, 0.15) is 0 Å². The van der Waals surface area contributed by atoms with Crippen LogP contribution in [-0.2, 0) is 0 Å². The third kappa shape index (κ3) is 3.87. The van der Waals surface area contributed by atoms with Crippen molar-refractivity contribution >= 4 is 0 Å². The van der Waals surface area contributed by atoms with Gasteiger partial charge < -0.3 is 15.5 Å². The summed E-state index contributed by atoms with van der Waals surface area (Å²) in [6.07, 6.45) is -0.882. The molecule has 2 atom stereocenters. The van der Waals surface area contributed by atoms with Gasteiger partial charge in [0.15, 0.2) is 0 Å². The molecule has 0 aliphatic heterocycles. The zero-order chi connectivity index (χ0) is 10.4. The zero-order valence-electron chi connectivity index (χ0n) is 8.35. The van der Waals surface area contributed by atoms with Gasteiger partial charge in [-0.05, 0) is 12.5 Å². The Kier molecular flexibility index (Phi) is 4.59. The van der Waals surface area contributed by atoms with Crippen molar-refractivity contribution in [3.05, 3.63) is 35.9 Å². The predicted octanol–water partition coefficient (Wildman–Crippen LogP) is 0.690. The first-order valence-electron chi connectivity index (χ1n) is 4.82. The molecular formula is C11H17NO2. The SMILES string of the molecule is C[C@H](O)CNCC(O)c1ccccc1. The van der Waals surface area contributed by atoms with Crippen LogP contribution in [0.15, 0.2) is 30.3 Å². The second-order valence-electron chi connectivity index (χ2n) is 3.43. The van der Waals surface area contributed by atoms with E-state index in [4.69, 9.17) is 5.11 Å². The molecule has 0 amide bonds. The lowest BCUT2D eigenvalue weighted by molar-refractivity contribution is 0.155. The standard InChI is InChI=1S/C11H17NO2/c1-9(13)7-12-8-11(14)10-5-3-2-4-6-10/h2-6,9,11-14H,7-8H2,1H3/t9-,11?/m0/s1.